The van der Waals surface area contributed by atoms with Crippen molar-refractivity contribution in [1.29, 1.82) is 0 Å². The smallest absolute Gasteiger partial charge is 0.303 e. The number of amides is 1. The van der Waals surface area contributed by atoms with Crippen LogP contribution < -0.4 is 0 Å². The second-order valence-corrected chi connectivity index (χ2v) is 7.72. The van der Waals surface area contributed by atoms with E-state index in [2.05, 4.69) is 0 Å². The molecule has 1 aromatic rings. The SMILES string of the molecule is O=C(O)CCCCCCN1C(=O)CCC[C@@H]1CCC(O)Cc1ccccc1F. The molecule has 2 rings (SSSR count). The van der Waals surface area contributed by atoms with Gasteiger partial charge in [-0.1, -0.05) is 31.0 Å². The lowest BCUT2D eigenvalue weighted by Gasteiger charge is -2.36. The first-order valence-corrected chi connectivity index (χ1v) is 10.4. The molecule has 2 N–H and O–H groups in total. The number of aliphatic carboxylic acids is 1. The Balaban J connectivity index is 1.75. The van der Waals surface area contributed by atoms with E-state index in [4.69, 9.17) is 5.11 Å². The van der Waals surface area contributed by atoms with Crippen LogP contribution in [0.2, 0.25) is 0 Å². The van der Waals surface area contributed by atoms with E-state index < -0.39 is 12.1 Å². The molecule has 0 radical (unpaired) electrons. The quantitative estimate of drug-likeness (QED) is 0.528. The second-order valence-electron chi connectivity index (χ2n) is 7.72. The number of carbonyl (C=O) groups is 2. The summed E-state index contributed by atoms with van der Waals surface area (Å²) in [5, 5.41) is 19.0. The fraction of sp³-hybridized carbons (Fsp3) is 0.636. The summed E-state index contributed by atoms with van der Waals surface area (Å²) in [6.45, 7) is 0.694. The molecule has 6 heteroatoms. The highest BCUT2D eigenvalue weighted by atomic mass is 19.1. The molecular weight excluding hydrogens is 361 g/mol. The molecule has 156 valence electrons. The lowest BCUT2D eigenvalue weighted by molar-refractivity contribution is -0.137. The Morgan fingerprint density at radius 3 is 2.71 bits per heavy atom. The average Bonchev–Trinajstić information content (AvgIpc) is 2.66. The van der Waals surface area contributed by atoms with Crippen LogP contribution in [0, 0.1) is 5.82 Å². The van der Waals surface area contributed by atoms with Crippen LogP contribution in [0.25, 0.3) is 0 Å². The third-order valence-corrected chi connectivity index (χ3v) is 5.48. The number of likely N-dealkylation sites (tertiary alicyclic amines) is 1. The molecule has 1 amide bonds. The number of hydrogen-bond acceptors (Lipinski definition) is 3. The van der Waals surface area contributed by atoms with Gasteiger partial charge in [0, 0.05) is 31.8 Å². The Hall–Kier alpha value is -1.95. The highest BCUT2D eigenvalue weighted by molar-refractivity contribution is 5.77. The van der Waals surface area contributed by atoms with Crippen LogP contribution in [-0.4, -0.2) is 45.7 Å². The molecule has 0 bridgehead atoms. The summed E-state index contributed by atoms with van der Waals surface area (Å²) in [4.78, 5) is 24.8. The van der Waals surface area contributed by atoms with Crippen LogP contribution in [0.4, 0.5) is 4.39 Å². The van der Waals surface area contributed by atoms with Gasteiger partial charge in [0.15, 0.2) is 0 Å². The summed E-state index contributed by atoms with van der Waals surface area (Å²) in [6.07, 6.45) is 6.86. The molecule has 0 aromatic heterocycles. The van der Waals surface area contributed by atoms with Crippen molar-refractivity contribution >= 4 is 11.9 Å². The van der Waals surface area contributed by atoms with Crippen molar-refractivity contribution in [3.8, 4) is 0 Å². The third kappa shape index (κ3) is 7.58. The predicted octanol–water partition coefficient (Wildman–Crippen LogP) is 3.93. The minimum Gasteiger partial charge on any atom is -0.481 e. The molecule has 1 heterocycles. The van der Waals surface area contributed by atoms with Gasteiger partial charge in [-0.05, 0) is 50.2 Å². The number of unbranched alkanes of at least 4 members (excludes halogenated alkanes) is 3. The molecule has 1 aliphatic rings. The molecule has 0 saturated carbocycles. The van der Waals surface area contributed by atoms with Crippen molar-refractivity contribution < 1.29 is 24.2 Å². The Labute approximate surface area is 166 Å². The molecule has 1 unspecified atom stereocenters. The number of carboxylic acids is 1. The largest absolute Gasteiger partial charge is 0.481 e. The van der Waals surface area contributed by atoms with E-state index in [9.17, 15) is 19.1 Å². The average molecular weight is 393 g/mol. The van der Waals surface area contributed by atoms with E-state index in [0.29, 0.717) is 31.4 Å². The third-order valence-electron chi connectivity index (χ3n) is 5.48. The molecule has 5 nitrogen and oxygen atoms in total. The molecule has 1 aromatic carbocycles. The molecule has 1 fully saturated rings. The van der Waals surface area contributed by atoms with Crippen LogP contribution >= 0.6 is 0 Å². The van der Waals surface area contributed by atoms with E-state index in [-0.39, 0.29) is 30.6 Å². The zero-order valence-corrected chi connectivity index (χ0v) is 16.5. The zero-order chi connectivity index (χ0) is 20.4. The number of aliphatic hydroxyl groups excluding tert-OH is 1. The van der Waals surface area contributed by atoms with Gasteiger partial charge in [-0.15, -0.1) is 0 Å². The standard InChI is InChI=1S/C22H32FNO4/c23-20-10-5-4-8-17(20)16-19(25)14-13-18-9-7-11-21(26)24(18)15-6-2-1-3-12-22(27)28/h4-5,8,10,18-19,25H,1-3,6-7,9,11-16H2,(H,27,28)/t18-,19?/m1/s1. The Morgan fingerprint density at radius 1 is 1.21 bits per heavy atom. The number of carbonyl (C=O) groups excluding carboxylic acids is 1. The highest BCUT2D eigenvalue weighted by Crippen LogP contribution is 2.24. The summed E-state index contributed by atoms with van der Waals surface area (Å²) in [6, 6.07) is 6.64. The lowest BCUT2D eigenvalue weighted by Crippen LogP contribution is -2.44. The Bertz CT molecular complexity index is 637. The van der Waals surface area contributed by atoms with Crippen molar-refractivity contribution in [2.75, 3.05) is 6.54 Å². The summed E-state index contributed by atoms with van der Waals surface area (Å²) in [5.41, 5.74) is 0.521. The highest BCUT2D eigenvalue weighted by Gasteiger charge is 2.27. The number of nitrogens with zero attached hydrogens (tertiary/aromatic N) is 1. The van der Waals surface area contributed by atoms with Gasteiger partial charge in [0.1, 0.15) is 5.82 Å². The summed E-state index contributed by atoms with van der Waals surface area (Å²) in [5.74, 6) is -0.885. The van der Waals surface area contributed by atoms with Crippen molar-refractivity contribution in [2.45, 2.75) is 82.8 Å². The van der Waals surface area contributed by atoms with Gasteiger partial charge in [-0.25, -0.2) is 4.39 Å². The molecule has 28 heavy (non-hydrogen) atoms. The van der Waals surface area contributed by atoms with E-state index >= 15 is 0 Å². The van der Waals surface area contributed by atoms with Gasteiger partial charge in [0.2, 0.25) is 5.91 Å². The molecular formula is C22H32FNO4. The normalized spacial score (nSPS) is 18.3. The predicted molar refractivity (Wildman–Crippen MR) is 105 cm³/mol. The van der Waals surface area contributed by atoms with E-state index in [1.165, 1.54) is 6.07 Å². The van der Waals surface area contributed by atoms with Gasteiger partial charge in [-0.3, -0.25) is 9.59 Å². The van der Waals surface area contributed by atoms with Crippen molar-refractivity contribution in [3.63, 3.8) is 0 Å². The van der Waals surface area contributed by atoms with Crippen molar-refractivity contribution in [3.05, 3.63) is 35.6 Å². The maximum Gasteiger partial charge on any atom is 0.303 e. The van der Waals surface area contributed by atoms with Crippen LogP contribution in [-0.2, 0) is 16.0 Å². The lowest BCUT2D eigenvalue weighted by atomic mass is 9.94. The minimum absolute atomic E-state index is 0.135. The fourth-order valence-corrected chi connectivity index (χ4v) is 3.92. The maximum absolute atomic E-state index is 13.7. The number of carboxylic acid groups (broad SMARTS) is 1. The molecule has 2 atom stereocenters. The maximum atomic E-state index is 13.7. The number of hydrogen-bond donors (Lipinski definition) is 2. The summed E-state index contributed by atoms with van der Waals surface area (Å²) < 4.78 is 13.7. The van der Waals surface area contributed by atoms with Gasteiger partial charge >= 0.3 is 5.97 Å². The van der Waals surface area contributed by atoms with Crippen LogP contribution in [0.1, 0.15) is 69.8 Å². The van der Waals surface area contributed by atoms with E-state index in [1.54, 1.807) is 18.2 Å². The first-order valence-electron chi connectivity index (χ1n) is 10.4. The number of benzene rings is 1. The topological polar surface area (TPSA) is 77.8 Å². The monoisotopic (exact) mass is 393 g/mol. The van der Waals surface area contributed by atoms with Crippen LogP contribution in [0.3, 0.4) is 0 Å². The molecule has 1 aliphatic heterocycles. The summed E-state index contributed by atoms with van der Waals surface area (Å²) in [7, 11) is 0. The zero-order valence-electron chi connectivity index (χ0n) is 16.5. The van der Waals surface area contributed by atoms with E-state index in [1.807, 2.05) is 4.90 Å². The molecule has 0 aliphatic carbocycles. The molecule has 1 saturated heterocycles. The van der Waals surface area contributed by atoms with Gasteiger partial charge in [-0.2, -0.15) is 0 Å². The number of halogens is 1. The van der Waals surface area contributed by atoms with Gasteiger partial charge < -0.3 is 15.1 Å². The second kappa shape index (κ2) is 11.8. The first-order chi connectivity index (χ1) is 13.5. The Morgan fingerprint density at radius 2 is 1.96 bits per heavy atom. The van der Waals surface area contributed by atoms with Crippen LogP contribution in [0.15, 0.2) is 24.3 Å². The minimum atomic E-state index is -0.764. The first kappa shape index (κ1) is 22.3. The molecule has 0 spiro atoms. The van der Waals surface area contributed by atoms with Crippen LogP contribution in [0.5, 0.6) is 0 Å². The number of rotatable bonds is 12. The van der Waals surface area contributed by atoms with Crippen molar-refractivity contribution in [2.24, 2.45) is 0 Å². The summed E-state index contributed by atoms with van der Waals surface area (Å²) >= 11 is 0. The Kier molecular flexibility index (Phi) is 9.41. The van der Waals surface area contributed by atoms with Gasteiger partial charge in [0.25, 0.3) is 0 Å². The fourth-order valence-electron chi connectivity index (χ4n) is 3.92. The van der Waals surface area contributed by atoms with E-state index in [0.717, 1.165) is 38.5 Å². The number of piperidine rings is 1. The number of aliphatic hydroxyl groups is 1. The van der Waals surface area contributed by atoms with Gasteiger partial charge in [0.05, 0.1) is 6.10 Å². The van der Waals surface area contributed by atoms with Crippen molar-refractivity contribution in [1.82, 2.24) is 4.90 Å².